The maximum absolute atomic E-state index is 14.6. The second kappa shape index (κ2) is 8.38. The fourth-order valence-electron chi connectivity index (χ4n) is 3.29. The maximum Gasteiger partial charge on any atom is 0.410 e. The SMILES string of the molecule is O=C(OCc1ccc(F)cc1)N1CC[C@H](CNc2cncc3nncn23)[C@H](F)C1. The molecule has 1 saturated heterocycles. The molecular weight excluding hydrogens is 382 g/mol. The summed E-state index contributed by atoms with van der Waals surface area (Å²) < 4.78 is 34.5. The number of ether oxygens (including phenoxy) is 1. The van der Waals surface area contributed by atoms with Gasteiger partial charge in [0.25, 0.3) is 0 Å². The van der Waals surface area contributed by atoms with E-state index in [0.717, 1.165) is 0 Å². The van der Waals surface area contributed by atoms with Crippen LogP contribution in [0.5, 0.6) is 0 Å². The number of nitrogens with one attached hydrogen (secondary N) is 1. The van der Waals surface area contributed by atoms with Crippen LogP contribution in [0.1, 0.15) is 12.0 Å². The molecule has 2 atom stereocenters. The first-order valence-electron chi connectivity index (χ1n) is 9.28. The van der Waals surface area contributed by atoms with Crippen LogP contribution < -0.4 is 5.32 Å². The van der Waals surface area contributed by atoms with Gasteiger partial charge in [-0.2, -0.15) is 0 Å². The average molecular weight is 402 g/mol. The number of likely N-dealkylation sites (tertiary alicyclic amines) is 1. The van der Waals surface area contributed by atoms with Crippen LogP contribution in [0.4, 0.5) is 19.4 Å². The smallest absolute Gasteiger partial charge is 0.410 e. The Balaban J connectivity index is 1.27. The number of aromatic nitrogens is 4. The van der Waals surface area contributed by atoms with E-state index < -0.39 is 12.3 Å². The minimum Gasteiger partial charge on any atom is -0.445 e. The van der Waals surface area contributed by atoms with Crippen LogP contribution in [-0.4, -0.2) is 56.4 Å². The lowest BCUT2D eigenvalue weighted by molar-refractivity contribution is 0.0544. The van der Waals surface area contributed by atoms with E-state index in [1.54, 1.807) is 35.3 Å². The van der Waals surface area contributed by atoms with Crippen molar-refractivity contribution in [2.75, 3.05) is 25.0 Å². The number of benzene rings is 1. The Morgan fingerprint density at radius 3 is 2.90 bits per heavy atom. The monoisotopic (exact) mass is 402 g/mol. The molecule has 10 heteroatoms. The largest absolute Gasteiger partial charge is 0.445 e. The predicted molar refractivity (Wildman–Crippen MR) is 100 cm³/mol. The Kier molecular flexibility index (Phi) is 5.50. The van der Waals surface area contributed by atoms with Crippen molar-refractivity contribution in [1.29, 1.82) is 0 Å². The van der Waals surface area contributed by atoms with E-state index in [9.17, 15) is 13.6 Å². The van der Waals surface area contributed by atoms with Crippen molar-refractivity contribution in [3.8, 4) is 0 Å². The van der Waals surface area contributed by atoms with Gasteiger partial charge in [-0.25, -0.2) is 13.6 Å². The number of hydrogen-bond donors (Lipinski definition) is 1. The van der Waals surface area contributed by atoms with Crippen LogP contribution >= 0.6 is 0 Å². The number of carbonyl (C=O) groups is 1. The highest BCUT2D eigenvalue weighted by molar-refractivity contribution is 5.67. The molecule has 1 aromatic carbocycles. The molecule has 0 spiro atoms. The van der Waals surface area contributed by atoms with Gasteiger partial charge in [0, 0.05) is 19.0 Å². The third-order valence-electron chi connectivity index (χ3n) is 4.98. The highest BCUT2D eigenvalue weighted by Crippen LogP contribution is 2.22. The molecule has 1 amide bonds. The molecule has 29 heavy (non-hydrogen) atoms. The summed E-state index contributed by atoms with van der Waals surface area (Å²) in [6.07, 6.45) is 3.54. The van der Waals surface area contributed by atoms with E-state index in [1.807, 2.05) is 0 Å². The molecule has 3 aromatic rings. The Morgan fingerprint density at radius 1 is 1.28 bits per heavy atom. The maximum atomic E-state index is 14.6. The number of piperidine rings is 1. The average Bonchev–Trinajstić information content (AvgIpc) is 3.22. The molecule has 1 aliphatic rings. The summed E-state index contributed by atoms with van der Waals surface area (Å²) in [7, 11) is 0. The molecule has 0 aliphatic carbocycles. The topological polar surface area (TPSA) is 84.6 Å². The van der Waals surface area contributed by atoms with E-state index in [2.05, 4.69) is 20.5 Å². The predicted octanol–water partition coefficient (Wildman–Crippen LogP) is 2.67. The first-order valence-corrected chi connectivity index (χ1v) is 9.28. The molecule has 0 saturated carbocycles. The van der Waals surface area contributed by atoms with Gasteiger partial charge in [-0.05, 0) is 24.1 Å². The number of fused-ring (bicyclic) bond motifs is 1. The van der Waals surface area contributed by atoms with Crippen molar-refractivity contribution < 1.29 is 18.3 Å². The van der Waals surface area contributed by atoms with Crippen molar-refractivity contribution in [1.82, 2.24) is 24.5 Å². The zero-order valence-corrected chi connectivity index (χ0v) is 15.5. The first kappa shape index (κ1) is 19.0. The number of halogens is 2. The Bertz CT molecular complexity index is 980. The van der Waals surface area contributed by atoms with E-state index in [0.29, 0.717) is 36.5 Å². The number of anilines is 1. The molecule has 4 rings (SSSR count). The van der Waals surface area contributed by atoms with Crippen LogP contribution in [0, 0.1) is 11.7 Å². The summed E-state index contributed by atoms with van der Waals surface area (Å²) in [5.74, 6) is 0.0797. The van der Waals surface area contributed by atoms with E-state index in [1.165, 1.54) is 17.0 Å². The second-order valence-corrected chi connectivity index (χ2v) is 6.92. The molecule has 0 unspecified atom stereocenters. The zero-order chi connectivity index (χ0) is 20.2. The summed E-state index contributed by atoms with van der Waals surface area (Å²) >= 11 is 0. The van der Waals surface area contributed by atoms with E-state index in [-0.39, 0.29) is 24.9 Å². The highest BCUT2D eigenvalue weighted by Gasteiger charge is 2.32. The number of nitrogens with zero attached hydrogens (tertiary/aromatic N) is 5. The van der Waals surface area contributed by atoms with Crippen molar-refractivity contribution >= 4 is 17.6 Å². The van der Waals surface area contributed by atoms with Crippen LogP contribution in [-0.2, 0) is 11.3 Å². The lowest BCUT2D eigenvalue weighted by atomic mass is 9.95. The lowest BCUT2D eigenvalue weighted by Gasteiger charge is -2.34. The minimum atomic E-state index is -1.18. The molecule has 1 aliphatic heterocycles. The minimum absolute atomic E-state index is 0.0213. The Labute approximate surface area is 165 Å². The zero-order valence-electron chi connectivity index (χ0n) is 15.5. The Hall–Kier alpha value is -3.30. The van der Waals surface area contributed by atoms with Gasteiger partial charge in [0.1, 0.15) is 30.7 Å². The van der Waals surface area contributed by atoms with Crippen molar-refractivity contribution in [2.24, 2.45) is 5.92 Å². The summed E-state index contributed by atoms with van der Waals surface area (Å²) in [6, 6.07) is 5.69. The molecule has 0 radical (unpaired) electrons. The molecule has 2 aromatic heterocycles. The molecule has 3 heterocycles. The molecule has 1 N–H and O–H groups in total. The summed E-state index contributed by atoms with van der Waals surface area (Å²) in [5.41, 5.74) is 1.28. The van der Waals surface area contributed by atoms with Gasteiger partial charge in [-0.15, -0.1) is 10.2 Å². The highest BCUT2D eigenvalue weighted by atomic mass is 19.1. The van der Waals surface area contributed by atoms with Gasteiger partial charge in [-0.1, -0.05) is 12.1 Å². The quantitative estimate of drug-likeness (QED) is 0.706. The summed E-state index contributed by atoms with van der Waals surface area (Å²) in [4.78, 5) is 17.7. The van der Waals surface area contributed by atoms with Gasteiger partial charge in [0.15, 0.2) is 5.65 Å². The van der Waals surface area contributed by atoms with Gasteiger partial charge in [0.05, 0.1) is 18.9 Å². The number of hydrogen-bond acceptors (Lipinski definition) is 6. The molecule has 1 fully saturated rings. The molecular formula is C19H20F2N6O2. The van der Waals surface area contributed by atoms with Gasteiger partial charge >= 0.3 is 6.09 Å². The first-order chi connectivity index (χ1) is 14.1. The van der Waals surface area contributed by atoms with Gasteiger partial charge in [0.2, 0.25) is 0 Å². The third-order valence-corrected chi connectivity index (χ3v) is 4.98. The number of carbonyl (C=O) groups excluding carboxylic acids is 1. The fraction of sp³-hybridized carbons (Fsp3) is 0.368. The standard InChI is InChI=1S/C19H20F2N6O2/c20-15-3-1-13(2-4-15)11-29-19(28)26-6-5-14(16(21)10-26)7-23-17-8-22-9-18-25-24-12-27(17)18/h1-4,8-9,12,14,16,23H,5-7,10-11H2/t14-,16-/m1/s1. The van der Waals surface area contributed by atoms with Crippen LogP contribution in [0.2, 0.25) is 0 Å². The van der Waals surface area contributed by atoms with Crippen LogP contribution in [0.3, 0.4) is 0 Å². The van der Waals surface area contributed by atoms with E-state index in [4.69, 9.17) is 4.74 Å². The van der Waals surface area contributed by atoms with Crippen molar-refractivity contribution in [3.05, 3.63) is 54.4 Å². The lowest BCUT2D eigenvalue weighted by Crippen LogP contribution is -2.46. The molecule has 0 bridgehead atoms. The van der Waals surface area contributed by atoms with Crippen LogP contribution in [0.15, 0.2) is 43.0 Å². The van der Waals surface area contributed by atoms with Gasteiger partial charge < -0.3 is 15.0 Å². The number of amides is 1. The van der Waals surface area contributed by atoms with E-state index >= 15 is 0 Å². The van der Waals surface area contributed by atoms with Crippen LogP contribution in [0.25, 0.3) is 5.65 Å². The third kappa shape index (κ3) is 4.41. The molecule has 8 nitrogen and oxygen atoms in total. The normalized spacial score (nSPS) is 19.3. The molecule has 152 valence electrons. The Morgan fingerprint density at radius 2 is 2.10 bits per heavy atom. The van der Waals surface area contributed by atoms with Crippen molar-refractivity contribution in [3.63, 3.8) is 0 Å². The summed E-state index contributed by atoms with van der Waals surface area (Å²) in [5, 5.41) is 10.9. The van der Waals surface area contributed by atoms with Gasteiger partial charge in [-0.3, -0.25) is 9.38 Å². The second-order valence-electron chi connectivity index (χ2n) is 6.92. The summed E-state index contributed by atoms with van der Waals surface area (Å²) in [6.45, 7) is 0.805. The number of alkyl halides is 1. The number of rotatable bonds is 5. The van der Waals surface area contributed by atoms with Crippen molar-refractivity contribution in [2.45, 2.75) is 19.2 Å². The fourth-order valence-corrected chi connectivity index (χ4v) is 3.29.